The van der Waals surface area contributed by atoms with Crippen LogP contribution in [0.2, 0.25) is 0 Å². The minimum Gasteiger partial charge on any atom is -0.458 e. The molecule has 4 heteroatoms. The van der Waals surface area contributed by atoms with Crippen molar-refractivity contribution in [3.05, 3.63) is 23.3 Å². The molecule has 0 heterocycles. The van der Waals surface area contributed by atoms with E-state index in [9.17, 15) is 9.90 Å². The number of esters is 1. The van der Waals surface area contributed by atoms with Gasteiger partial charge in [0.15, 0.2) is 0 Å². The van der Waals surface area contributed by atoms with Crippen molar-refractivity contribution < 1.29 is 19.4 Å². The molecule has 5 aliphatic rings. The van der Waals surface area contributed by atoms with Crippen molar-refractivity contribution in [2.24, 2.45) is 51.2 Å². The number of carbonyl (C=O) groups excluding carboxylic acids is 2. The molecule has 5 rings (SSSR count). The molecule has 0 aromatic heterocycles. The van der Waals surface area contributed by atoms with Crippen LogP contribution in [0.5, 0.6) is 0 Å². The Morgan fingerprint density at radius 3 is 2.26 bits per heavy atom. The second kappa shape index (κ2) is 10.8. The Hall–Kier alpha value is -1.42. The minimum atomic E-state index is -0.143. The Morgan fingerprint density at radius 2 is 1.62 bits per heavy atom. The van der Waals surface area contributed by atoms with Crippen molar-refractivity contribution >= 4 is 12.3 Å². The van der Waals surface area contributed by atoms with E-state index in [0.29, 0.717) is 40.1 Å². The standard InChI is InChI=1S/C33H52O3.C2H4O/c1-9-20(2)29(35)36-28-19-31(6)15-12-24-22(25(31)18-30(28,4)5)10-11-27-32(7)17-14-26(34)21(3)23(32)13-16-33(24,27)8;1-2-3/h9-10,21,23-28,34H,11-19H2,1-8H3;2H,1H3/b20-9-;. The summed E-state index contributed by atoms with van der Waals surface area (Å²) < 4.78 is 6.16. The molecule has 0 radical (unpaired) electrons. The van der Waals surface area contributed by atoms with Crippen LogP contribution in [0.25, 0.3) is 0 Å². The Kier molecular flexibility index (Phi) is 8.43. The molecule has 0 saturated heterocycles. The molecule has 0 amide bonds. The predicted molar refractivity (Wildman–Crippen MR) is 158 cm³/mol. The van der Waals surface area contributed by atoms with Gasteiger partial charge < -0.3 is 14.6 Å². The first kappa shape index (κ1) is 30.5. The van der Waals surface area contributed by atoms with Crippen molar-refractivity contribution in [2.75, 3.05) is 0 Å². The molecular weight excluding hydrogens is 484 g/mol. The zero-order valence-corrected chi connectivity index (χ0v) is 26.3. The number of ether oxygens (including phenoxy) is 1. The predicted octanol–water partition coefficient (Wildman–Crippen LogP) is 8.08. The molecule has 4 nitrogen and oxygen atoms in total. The maximum Gasteiger partial charge on any atom is 0.333 e. The highest BCUT2D eigenvalue weighted by atomic mass is 16.5. The van der Waals surface area contributed by atoms with Crippen molar-refractivity contribution in [3.63, 3.8) is 0 Å². The van der Waals surface area contributed by atoms with E-state index in [1.807, 2.05) is 19.9 Å². The number of fused-ring (bicyclic) bond motifs is 7. The first-order chi connectivity index (χ1) is 18.2. The van der Waals surface area contributed by atoms with E-state index in [1.165, 1.54) is 45.4 Å². The number of hydrogen-bond donors (Lipinski definition) is 1. The second-order valence-electron chi connectivity index (χ2n) is 15.4. The van der Waals surface area contributed by atoms with Gasteiger partial charge in [0.05, 0.1) is 6.10 Å². The van der Waals surface area contributed by atoms with Crippen molar-refractivity contribution in [2.45, 2.75) is 132 Å². The molecule has 220 valence electrons. The maximum absolute atomic E-state index is 12.7. The van der Waals surface area contributed by atoms with Gasteiger partial charge in [-0.05, 0) is 124 Å². The number of allylic oxidation sites excluding steroid dienone is 3. The molecule has 1 N–H and O–H groups in total. The highest BCUT2D eigenvalue weighted by molar-refractivity contribution is 5.87. The topological polar surface area (TPSA) is 63.6 Å². The summed E-state index contributed by atoms with van der Waals surface area (Å²) in [6.45, 7) is 19.9. The van der Waals surface area contributed by atoms with E-state index in [4.69, 9.17) is 9.53 Å². The summed E-state index contributed by atoms with van der Waals surface area (Å²) in [6, 6.07) is 0. The summed E-state index contributed by atoms with van der Waals surface area (Å²) in [4.78, 5) is 21.5. The lowest BCUT2D eigenvalue weighted by Gasteiger charge is -2.67. The van der Waals surface area contributed by atoms with Gasteiger partial charge in [-0.15, -0.1) is 0 Å². The van der Waals surface area contributed by atoms with Crippen LogP contribution in [0, 0.1) is 51.2 Å². The van der Waals surface area contributed by atoms with E-state index < -0.39 is 0 Å². The summed E-state index contributed by atoms with van der Waals surface area (Å²) in [7, 11) is 0. The Labute approximate surface area is 238 Å². The largest absolute Gasteiger partial charge is 0.458 e. The average molecular weight is 541 g/mol. The van der Waals surface area contributed by atoms with Gasteiger partial charge in [-0.25, -0.2) is 4.79 Å². The molecule has 0 aliphatic heterocycles. The van der Waals surface area contributed by atoms with Gasteiger partial charge in [-0.1, -0.05) is 59.3 Å². The molecule has 10 atom stereocenters. The summed E-state index contributed by atoms with van der Waals surface area (Å²) in [5.74, 6) is 2.96. The van der Waals surface area contributed by atoms with Crippen LogP contribution in [0.4, 0.5) is 0 Å². The summed E-state index contributed by atoms with van der Waals surface area (Å²) in [6.07, 6.45) is 15.8. The van der Waals surface area contributed by atoms with Crippen LogP contribution < -0.4 is 0 Å². The molecule has 4 fully saturated rings. The van der Waals surface area contributed by atoms with Crippen LogP contribution in [-0.4, -0.2) is 29.6 Å². The Morgan fingerprint density at radius 1 is 0.974 bits per heavy atom. The van der Waals surface area contributed by atoms with Gasteiger partial charge in [0, 0.05) is 11.0 Å². The Bertz CT molecular complexity index is 1010. The van der Waals surface area contributed by atoms with Gasteiger partial charge in [0.1, 0.15) is 12.4 Å². The van der Waals surface area contributed by atoms with Crippen molar-refractivity contribution in [1.29, 1.82) is 0 Å². The molecule has 0 spiro atoms. The third-order valence-corrected chi connectivity index (χ3v) is 12.9. The molecule has 0 bridgehead atoms. The highest BCUT2D eigenvalue weighted by Crippen LogP contribution is 2.70. The first-order valence-corrected chi connectivity index (χ1v) is 15.8. The third kappa shape index (κ3) is 4.99. The second-order valence-corrected chi connectivity index (χ2v) is 15.4. The fourth-order valence-corrected chi connectivity index (χ4v) is 10.4. The van der Waals surface area contributed by atoms with E-state index >= 15 is 0 Å². The molecule has 0 aromatic carbocycles. The smallest absolute Gasteiger partial charge is 0.333 e. The number of carbonyl (C=O) groups is 2. The van der Waals surface area contributed by atoms with Crippen LogP contribution in [0.1, 0.15) is 120 Å². The third-order valence-electron chi connectivity index (χ3n) is 12.9. The number of rotatable bonds is 2. The van der Waals surface area contributed by atoms with Crippen molar-refractivity contribution in [1.82, 2.24) is 0 Å². The lowest BCUT2D eigenvalue weighted by Crippen LogP contribution is -2.60. The fourth-order valence-electron chi connectivity index (χ4n) is 10.4. The van der Waals surface area contributed by atoms with Gasteiger partial charge in [0.25, 0.3) is 0 Å². The number of aliphatic hydroxyl groups excluding tert-OH is 1. The quantitative estimate of drug-likeness (QED) is 0.166. The van der Waals surface area contributed by atoms with E-state index in [2.05, 4.69) is 47.6 Å². The number of hydrogen-bond acceptors (Lipinski definition) is 4. The maximum atomic E-state index is 12.7. The fraction of sp³-hybridized carbons (Fsp3) is 0.829. The highest BCUT2D eigenvalue weighted by Gasteiger charge is 2.63. The van der Waals surface area contributed by atoms with Gasteiger partial charge in [0.2, 0.25) is 0 Å². The molecule has 5 aliphatic carbocycles. The first-order valence-electron chi connectivity index (χ1n) is 15.8. The SMILES string of the molecule is C/C=C(/C)C(=O)OC1CC2(C)CCC3C(=CCC4C3(C)CCC3C(C)C(O)CCC34C)C2CC1(C)C.CC=O. The van der Waals surface area contributed by atoms with Crippen LogP contribution in [0.3, 0.4) is 0 Å². The summed E-state index contributed by atoms with van der Waals surface area (Å²) >= 11 is 0. The molecule has 4 saturated carbocycles. The van der Waals surface area contributed by atoms with Crippen LogP contribution in [-0.2, 0) is 14.3 Å². The van der Waals surface area contributed by atoms with Gasteiger partial charge in [-0.2, -0.15) is 0 Å². The van der Waals surface area contributed by atoms with Gasteiger partial charge >= 0.3 is 5.97 Å². The monoisotopic (exact) mass is 540 g/mol. The molecule has 0 aromatic rings. The summed E-state index contributed by atoms with van der Waals surface area (Å²) in [5, 5.41) is 10.7. The van der Waals surface area contributed by atoms with Crippen LogP contribution >= 0.6 is 0 Å². The summed E-state index contributed by atoms with van der Waals surface area (Å²) in [5.41, 5.74) is 3.38. The lowest BCUT2D eigenvalue weighted by atomic mass is 9.38. The number of aliphatic hydroxyl groups is 1. The lowest BCUT2D eigenvalue weighted by molar-refractivity contribution is -0.171. The molecular formula is C35H56O4. The normalized spacial score (nSPS) is 46.6. The zero-order chi connectivity index (χ0) is 29.0. The van der Waals surface area contributed by atoms with E-state index in [1.54, 1.807) is 5.57 Å². The van der Waals surface area contributed by atoms with Crippen LogP contribution in [0.15, 0.2) is 23.3 Å². The number of aldehydes is 1. The van der Waals surface area contributed by atoms with Crippen molar-refractivity contribution in [3.8, 4) is 0 Å². The molecule has 10 unspecified atom stereocenters. The Balaban J connectivity index is 0.00000112. The zero-order valence-electron chi connectivity index (χ0n) is 26.3. The minimum absolute atomic E-state index is 0.0188. The molecule has 39 heavy (non-hydrogen) atoms. The van der Waals surface area contributed by atoms with E-state index in [-0.39, 0.29) is 29.0 Å². The van der Waals surface area contributed by atoms with Gasteiger partial charge in [-0.3, -0.25) is 0 Å². The van der Waals surface area contributed by atoms with E-state index in [0.717, 1.165) is 31.5 Å². The average Bonchev–Trinajstić information content (AvgIpc) is 2.87.